The molecule has 5 heteroatoms. The second kappa shape index (κ2) is 7.62. The predicted molar refractivity (Wildman–Crippen MR) is 76.4 cm³/mol. The zero-order valence-corrected chi connectivity index (χ0v) is 12.5. The molecule has 4 nitrogen and oxygen atoms in total. The Kier molecular flexibility index (Phi) is 6.48. The molecule has 1 aromatic carbocycles. The molecule has 1 aromatic rings. The highest BCUT2D eigenvalue weighted by atomic mass is 32.2. The molecular weight excluding hydrogens is 262 g/mol. The molecule has 0 amide bonds. The number of hydrogen-bond acceptors (Lipinski definition) is 3. The maximum Gasteiger partial charge on any atom is 0.240 e. The van der Waals surface area contributed by atoms with Crippen molar-refractivity contribution in [2.75, 3.05) is 6.54 Å². The third kappa shape index (κ3) is 4.60. The Hall–Kier alpha value is -0.910. The Morgan fingerprint density at radius 3 is 2.58 bits per heavy atom. The molecule has 1 rings (SSSR count). The molecule has 0 spiro atoms. The van der Waals surface area contributed by atoms with Crippen molar-refractivity contribution in [2.45, 2.75) is 51.0 Å². The summed E-state index contributed by atoms with van der Waals surface area (Å²) in [6, 6.07) is 4.96. The van der Waals surface area contributed by atoms with Gasteiger partial charge in [0.1, 0.15) is 0 Å². The van der Waals surface area contributed by atoms with Gasteiger partial charge < -0.3 is 5.11 Å². The number of rotatable bonds is 8. The van der Waals surface area contributed by atoms with E-state index in [0.29, 0.717) is 17.7 Å². The van der Waals surface area contributed by atoms with Crippen LogP contribution in [0.25, 0.3) is 0 Å². The maximum absolute atomic E-state index is 12.2. The Balaban J connectivity index is 2.72. The minimum absolute atomic E-state index is 0.147. The highest BCUT2D eigenvalue weighted by molar-refractivity contribution is 7.89. The predicted octanol–water partition coefficient (Wildman–Crippen LogP) is 2.35. The van der Waals surface area contributed by atoms with Gasteiger partial charge in [0, 0.05) is 6.54 Å². The first kappa shape index (κ1) is 16.1. The largest absolute Gasteiger partial charge is 0.392 e. The van der Waals surface area contributed by atoms with Crippen LogP contribution in [0.1, 0.15) is 43.7 Å². The van der Waals surface area contributed by atoms with Gasteiger partial charge >= 0.3 is 0 Å². The van der Waals surface area contributed by atoms with Gasteiger partial charge in [0.2, 0.25) is 10.0 Å². The molecular formula is C14H23NO3S. The summed E-state index contributed by atoms with van der Waals surface area (Å²) in [7, 11) is -3.47. The summed E-state index contributed by atoms with van der Waals surface area (Å²) in [5, 5.41) is 9.17. The number of benzene rings is 1. The van der Waals surface area contributed by atoms with E-state index in [-0.39, 0.29) is 11.5 Å². The van der Waals surface area contributed by atoms with Crippen LogP contribution in [0.2, 0.25) is 0 Å². The van der Waals surface area contributed by atoms with Crippen LogP contribution in [0.3, 0.4) is 0 Å². The summed E-state index contributed by atoms with van der Waals surface area (Å²) in [5.74, 6) is 0. The molecule has 0 radical (unpaired) electrons. The van der Waals surface area contributed by atoms with Crippen LogP contribution in [-0.4, -0.2) is 20.1 Å². The molecule has 0 unspecified atom stereocenters. The Bertz CT molecular complexity index is 497. The summed E-state index contributed by atoms with van der Waals surface area (Å²) < 4.78 is 26.9. The van der Waals surface area contributed by atoms with E-state index >= 15 is 0 Å². The third-order valence-corrected chi connectivity index (χ3v) is 4.78. The number of sulfonamides is 1. The number of aliphatic hydroxyl groups is 1. The maximum atomic E-state index is 12.2. The van der Waals surface area contributed by atoms with Crippen LogP contribution in [0.5, 0.6) is 0 Å². The van der Waals surface area contributed by atoms with Gasteiger partial charge in [-0.25, -0.2) is 13.1 Å². The Morgan fingerprint density at radius 1 is 1.21 bits per heavy atom. The van der Waals surface area contributed by atoms with E-state index < -0.39 is 10.0 Å². The van der Waals surface area contributed by atoms with Crippen molar-refractivity contribution in [3.05, 3.63) is 29.3 Å². The molecule has 2 N–H and O–H groups in total. The fraction of sp³-hybridized carbons (Fsp3) is 0.571. The fourth-order valence-corrected chi connectivity index (χ4v) is 3.32. The zero-order valence-electron chi connectivity index (χ0n) is 11.6. The quantitative estimate of drug-likeness (QED) is 0.721. The number of aliphatic hydroxyl groups excluding tert-OH is 1. The first-order valence-electron chi connectivity index (χ1n) is 6.72. The lowest BCUT2D eigenvalue weighted by molar-refractivity contribution is 0.280. The minimum atomic E-state index is -3.47. The number of hydrogen-bond donors (Lipinski definition) is 2. The molecule has 0 aliphatic carbocycles. The van der Waals surface area contributed by atoms with Crippen molar-refractivity contribution >= 4 is 10.0 Å². The molecule has 0 atom stereocenters. The van der Waals surface area contributed by atoms with Crippen molar-refractivity contribution < 1.29 is 13.5 Å². The van der Waals surface area contributed by atoms with E-state index in [9.17, 15) is 8.42 Å². The lowest BCUT2D eigenvalue weighted by Gasteiger charge is -2.11. The van der Waals surface area contributed by atoms with Crippen molar-refractivity contribution in [1.82, 2.24) is 4.72 Å². The smallest absolute Gasteiger partial charge is 0.240 e. The van der Waals surface area contributed by atoms with Crippen molar-refractivity contribution in [3.8, 4) is 0 Å². The van der Waals surface area contributed by atoms with Crippen molar-refractivity contribution in [2.24, 2.45) is 0 Å². The van der Waals surface area contributed by atoms with Gasteiger partial charge in [-0.1, -0.05) is 38.3 Å². The first-order chi connectivity index (χ1) is 9.03. The normalized spacial score (nSPS) is 11.7. The lowest BCUT2D eigenvalue weighted by atomic mass is 10.1. The standard InChI is InChI=1S/C14H23NO3S/c1-3-4-5-6-10-15-19(17,18)14-9-7-8-13(11-16)12(14)2/h7-9,15-16H,3-6,10-11H2,1-2H3. The Labute approximate surface area is 115 Å². The van der Waals surface area contributed by atoms with E-state index in [0.717, 1.165) is 25.7 Å². The first-order valence-corrected chi connectivity index (χ1v) is 8.20. The highest BCUT2D eigenvalue weighted by Crippen LogP contribution is 2.18. The van der Waals surface area contributed by atoms with E-state index in [1.807, 2.05) is 0 Å². The van der Waals surface area contributed by atoms with Crippen molar-refractivity contribution in [1.29, 1.82) is 0 Å². The molecule has 0 heterocycles. The van der Waals surface area contributed by atoms with Gasteiger partial charge in [0.05, 0.1) is 11.5 Å². The molecule has 0 saturated heterocycles. The summed E-state index contributed by atoms with van der Waals surface area (Å²) in [4.78, 5) is 0.259. The summed E-state index contributed by atoms with van der Waals surface area (Å²) in [6.45, 7) is 4.15. The Morgan fingerprint density at radius 2 is 1.95 bits per heavy atom. The van der Waals surface area contributed by atoms with Crippen LogP contribution < -0.4 is 4.72 Å². The minimum Gasteiger partial charge on any atom is -0.392 e. The molecule has 0 fully saturated rings. The second-order valence-electron chi connectivity index (χ2n) is 4.66. The molecule has 0 aliphatic rings. The summed E-state index contributed by atoms with van der Waals surface area (Å²) >= 11 is 0. The molecule has 0 aliphatic heterocycles. The van der Waals surface area contributed by atoms with E-state index in [4.69, 9.17) is 5.11 Å². The molecule has 108 valence electrons. The summed E-state index contributed by atoms with van der Waals surface area (Å²) in [5.41, 5.74) is 1.26. The average Bonchev–Trinajstić information content (AvgIpc) is 2.38. The molecule has 0 aromatic heterocycles. The van der Waals surface area contributed by atoms with E-state index in [1.54, 1.807) is 25.1 Å². The topological polar surface area (TPSA) is 66.4 Å². The fourth-order valence-electron chi connectivity index (χ4n) is 1.96. The average molecular weight is 285 g/mol. The van der Waals surface area contributed by atoms with Gasteiger partial charge in [0.15, 0.2) is 0 Å². The van der Waals surface area contributed by atoms with Crippen LogP contribution in [0, 0.1) is 6.92 Å². The highest BCUT2D eigenvalue weighted by Gasteiger charge is 2.17. The van der Waals surface area contributed by atoms with Gasteiger partial charge in [-0.05, 0) is 30.5 Å². The number of nitrogens with one attached hydrogen (secondary N) is 1. The van der Waals surface area contributed by atoms with Gasteiger partial charge in [-0.2, -0.15) is 0 Å². The van der Waals surface area contributed by atoms with Crippen LogP contribution in [-0.2, 0) is 16.6 Å². The second-order valence-corrected chi connectivity index (χ2v) is 6.39. The third-order valence-electron chi connectivity index (χ3n) is 3.18. The van der Waals surface area contributed by atoms with Crippen LogP contribution >= 0.6 is 0 Å². The molecule has 0 bridgehead atoms. The van der Waals surface area contributed by atoms with Gasteiger partial charge in [-0.3, -0.25) is 0 Å². The van der Waals surface area contributed by atoms with Crippen LogP contribution in [0.15, 0.2) is 23.1 Å². The SMILES string of the molecule is CCCCCCNS(=O)(=O)c1cccc(CO)c1C. The lowest BCUT2D eigenvalue weighted by Crippen LogP contribution is -2.25. The van der Waals surface area contributed by atoms with Crippen molar-refractivity contribution in [3.63, 3.8) is 0 Å². The summed E-state index contributed by atoms with van der Waals surface area (Å²) in [6.07, 6.45) is 4.14. The molecule has 0 saturated carbocycles. The van der Waals surface area contributed by atoms with E-state index in [1.165, 1.54) is 0 Å². The number of unbranched alkanes of at least 4 members (excludes halogenated alkanes) is 3. The van der Waals surface area contributed by atoms with E-state index in [2.05, 4.69) is 11.6 Å². The monoisotopic (exact) mass is 285 g/mol. The van der Waals surface area contributed by atoms with Crippen LogP contribution in [0.4, 0.5) is 0 Å². The van der Waals surface area contributed by atoms with Gasteiger partial charge in [-0.15, -0.1) is 0 Å². The van der Waals surface area contributed by atoms with Gasteiger partial charge in [0.25, 0.3) is 0 Å². The zero-order chi connectivity index (χ0) is 14.3. The molecule has 19 heavy (non-hydrogen) atoms.